The summed E-state index contributed by atoms with van der Waals surface area (Å²) in [5.41, 5.74) is 1.01. The van der Waals surface area contributed by atoms with Crippen molar-refractivity contribution in [2.75, 3.05) is 30.8 Å². The van der Waals surface area contributed by atoms with E-state index in [0.29, 0.717) is 11.3 Å². The summed E-state index contributed by atoms with van der Waals surface area (Å²) in [6.45, 7) is 0.906. The zero-order valence-corrected chi connectivity index (χ0v) is 16.0. The number of hydrogen-bond donors (Lipinski definition) is 2. The Morgan fingerprint density at radius 3 is 2.79 bits per heavy atom. The molecule has 8 nitrogen and oxygen atoms in total. The maximum atomic E-state index is 13.2. The first-order chi connectivity index (χ1) is 13.2. The molecule has 0 radical (unpaired) electrons. The zero-order valence-electron chi connectivity index (χ0n) is 15.2. The highest BCUT2D eigenvalue weighted by atomic mass is 32.2. The van der Waals surface area contributed by atoms with E-state index >= 15 is 0 Å². The van der Waals surface area contributed by atoms with Crippen molar-refractivity contribution in [3.05, 3.63) is 47.8 Å². The molecule has 148 valence electrons. The molecule has 1 aliphatic rings. The van der Waals surface area contributed by atoms with Gasteiger partial charge in [-0.1, -0.05) is 6.07 Å². The highest BCUT2D eigenvalue weighted by Crippen LogP contribution is 2.33. The molecule has 28 heavy (non-hydrogen) atoms. The average Bonchev–Trinajstić information content (AvgIpc) is 2.60. The Morgan fingerprint density at radius 1 is 1.32 bits per heavy atom. The lowest BCUT2D eigenvalue weighted by atomic mass is 10.2. The van der Waals surface area contributed by atoms with Crippen molar-refractivity contribution in [1.82, 2.24) is 4.31 Å². The van der Waals surface area contributed by atoms with E-state index in [1.54, 1.807) is 6.92 Å². The summed E-state index contributed by atoms with van der Waals surface area (Å²) in [4.78, 5) is 23.5. The number of halogens is 1. The van der Waals surface area contributed by atoms with Crippen LogP contribution in [0.15, 0.2) is 41.3 Å². The van der Waals surface area contributed by atoms with E-state index in [9.17, 15) is 22.4 Å². The number of aryl methyl sites for hydroxylation is 1. The van der Waals surface area contributed by atoms with Gasteiger partial charge in [-0.05, 0) is 36.8 Å². The molecule has 1 heterocycles. The summed E-state index contributed by atoms with van der Waals surface area (Å²) >= 11 is 0. The monoisotopic (exact) mass is 407 g/mol. The average molecular weight is 407 g/mol. The largest absolute Gasteiger partial charge is 0.482 e. The number of carbonyl (C=O) groups excluding carboxylic acids is 2. The van der Waals surface area contributed by atoms with E-state index in [1.165, 1.54) is 37.4 Å². The Balaban J connectivity index is 1.78. The molecule has 0 bridgehead atoms. The second-order valence-corrected chi connectivity index (χ2v) is 8.28. The number of anilines is 2. The van der Waals surface area contributed by atoms with Gasteiger partial charge in [-0.15, -0.1) is 0 Å². The van der Waals surface area contributed by atoms with E-state index < -0.39 is 28.3 Å². The van der Waals surface area contributed by atoms with Crippen LogP contribution in [0.2, 0.25) is 0 Å². The summed E-state index contributed by atoms with van der Waals surface area (Å²) in [5, 5.41) is 5.05. The number of nitrogens with zero attached hydrogens (tertiary/aromatic N) is 1. The quantitative estimate of drug-likeness (QED) is 0.785. The van der Waals surface area contributed by atoms with Crippen molar-refractivity contribution in [3.8, 4) is 5.75 Å². The molecule has 0 saturated heterocycles. The summed E-state index contributed by atoms with van der Waals surface area (Å²) in [5.74, 6) is -1.22. The van der Waals surface area contributed by atoms with Crippen molar-refractivity contribution in [1.29, 1.82) is 0 Å². The minimum absolute atomic E-state index is 0.0385. The Kier molecular flexibility index (Phi) is 5.34. The fourth-order valence-electron chi connectivity index (χ4n) is 2.72. The van der Waals surface area contributed by atoms with Gasteiger partial charge >= 0.3 is 0 Å². The van der Waals surface area contributed by atoms with Crippen molar-refractivity contribution >= 4 is 33.2 Å². The van der Waals surface area contributed by atoms with E-state index in [4.69, 9.17) is 4.74 Å². The number of nitrogens with one attached hydrogen (secondary N) is 2. The number of carbonyl (C=O) groups is 2. The molecular formula is C18H18FN3O5S. The van der Waals surface area contributed by atoms with Crippen LogP contribution >= 0.6 is 0 Å². The van der Waals surface area contributed by atoms with Crippen molar-refractivity contribution in [2.24, 2.45) is 0 Å². The first-order valence-electron chi connectivity index (χ1n) is 8.26. The van der Waals surface area contributed by atoms with Crippen LogP contribution < -0.4 is 15.4 Å². The molecule has 0 fully saturated rings. The molecule has 2 aromatic rings. The van der Waals surface area contributed by atoms with E-state index in [0.717, 1.165) is 10.4 Å². The first kappa shape index (κ1) is 19.8. The summed E-state index contributed by atoms with van der Waals surface area (Å²) < 4.78 is 45.1. The number of amides is 2. The molecule has 0 atom stereocenters. The number of hydrogen-bond acceptors (Lipinski definition) is 5. The smallest absolute Gasteiger partial charge is 0.262 e. The summed E-state index contributed by atoms with van der Waals surface area (Å²) in [7, 11) is -2.74. The first-order valence-corrected chi connectivity index (χ1v) is 9.70. The molecule has 0 spiro atoms. The maximum Gasteiger partial charge on any atom is 0.262 e. The van der Waals surface area contributed by atoms with Gasteiger partial charge in [0.25, 0.3) is 5.91 Å². The molecule has 2 amide bonds. The van der Waals surface area contributed by atoms with Gasteiger partial charge in [-0.2, -0.15) is 4.31 Å². The Morgan fingerprint density at radius 2 is 2.07 bits per heavy atom. The van der Waals surface area contributed by atoms with Crippen LogP contribution in [0.4, 0.5) is 15.8 Å². The lowest BCUT2D eigenvalue weighted by Gasteiger charge is -2.22. The minimum atomic E-state index is -4.01. The van der Waals surface area contributed by atoms with Crippen molar-refractivity contribution < 1.29 is 27.1 Å². The number of likely N-dealkylation sites (N-methyl/N-ethyl adjacent to an activating group) is 1. The maximum absolute atomic E-state index is 13.2. The molecule has 2 aromatic carbocycles. The molecule has 3 rings (SSSR count). The van der Waals surface area contributed by atoms with Crippen LogP contribution in [0.5, 0.6) is 5.75 Å². The van der Waals surface area contributed by atoms with Gasteiger partial charge in [0.2, 0.25) is 15.9 Å². The Hall–Kier alpha value is -2.98. The van der Waals surface area contributed by atoms with E-state index in [2.05, 4.69) is 10.6 Å². The number of ether oxygens (including phenoxy) is 1. The molecule has 0 aliphatic carbocycles. The highest BCUT2D eigenvalue weighted by molar-refractivity contribution is 7.89. The zero-order chi connectivity index (χ0) is 20.5. The standard InChI is InChI=1S/C18H18FN3O5S/c1-11-6-14-15(27-10-18(24)21-14)8-16(11)28(25,26)22(2)9-17(23)20-13-5-3-4-12(19)7-13/h3-8H,9-10H2,1-2H3,(H,20,23)(H,21,24). The highest BCUT2D eigenvalue weighted by Gasteiger charge is 2.28. The van der Waals surface area contributed by atoms with Crippen LogP contribution in [-0.2, 0) is 19.6 Å². The fraction of sp³-hybridized carbons (Fsp3) is 0.222. The minimum Gasteiger partial charge on any atom is -0.482 e. The molecule has 0 aromatic heterocycles. The molecular weight excluding hydrogens is 389 g/mol. The molecule has 2 N–H and O–H groups in total. The lowest BCUT2D eigenvalue weighted by Crippen LogP contribution is -2.35. The molecule has 0 unspecified atom stereocenters. The normalized spacial score (nSPS) is 13.5. The third kappa shape index (κ3) is 4.12. The van der Waals surface area contributed by atoms with Gasteiger partial charge in [0.15, 0.2) is 6.61 Å². The molecule has 0 saturated carbocycles. The number of rotatable bonds is 5. The van der Waals surface area contributed by atoms with Gasteiger partial charge in [-0.3, -0.25) is 9.59 Å². The lowest BCUT2D eigenvalue weighted by molar-refractivity contribution is -0.118. The van der Waals surface area contributed by atoms with Crippen LogP contribution in [0.1, 0.15) is 5.56 Å². The Bertz CT molecular complexity index is 1060. The number of fused-ring (bicyclic) bond motifs is 1. The van der Waals surface area contributed by atoms with Crippen molar-refractivity contribution in [2.45, 2.75) is 11.8 Å². The number of benzene rings is 2. The fourth-order valence-corrected chi connectivity index (χ4v) is 4.06. The third-order valence-electron chi connectivity index (χ3n) is 4.07. The van der Waals surface area contributed by atoms with Crippen LogP contribution in [0.25, 0.3) is 0 Å². The van der Waals surface area contributed by atoms with Gasteiger partial charge in [0.05, 0.1) is 17.1 Å². The van der Waals surface area contributed by atoms with Gasteiger partial charge in [-0.25, -0.2) is 12.8 Å². The molecule has 1 aliphatic heterocycles. The van der Waals surface area contributed by atoms with Crippen LogP contribution in [0.3, 0.4) is 0 Å². The molecule has 10 heteroatoms. The second kappa shape index (κ2) is 7.56. The predicted octanol–water partition coefficient (Wildman–Crippen LogP) is 1.72. The second-order valence-electron chi connectivity index (χ2n) is 6.27. The van der Waals surface area contributed by atoms with Crippen molar-refractivity contribution in [3.63, 3.8) is 0 Å². The topological polar surface area (TPSA) is 105 Å². The third-order valence-corrected chi connectivity index (χ3v) is 6.02. The summed E-state index contributed by atoms with van der Waals surface area (Å²) in [6.07, 6.45) is 0. The van der Waals surface area contributed by atoms with Gasteiger partial charge in [0, 0.05) is 18.8 Å². The van der Waals surface area contributed by atoms with Gasteiger partial charge < -0.3 is 15.4 Å². The SMILES string of the molecule is Cc1cc2c(cc1S(=O)(=O)N(C)CC(=O)Nc1cccc(F)c1)OCC(=O)N2. The van der Waals surface area contributed by atoms with Gasteiger partial charge in [0.1, 0.15) is 11.6 Å². The van der Waals surface area contributed by atoms with E-state index in [-0.39, 0.29) is 28.8 Å². The summed E-state index contributed by atoms with van der Waals surface area (Å²) in [6, 6.07) is 8.11. The van der Waals surface area contributed by atoms with Crippen LogP contribution in [-0.4, -0.2) is 44.7 Å². The number of sulfonamides is 1. The van der Waals surface area contributed by atoms with Crippen LogP contribution in [0, 0.1) is 12.7 Å². The Labute approximate surface area is 161 Å². The predicted molar refractivity (Wildman–Crippen MR) is 100 cm³/mol. The van der Waals surface area contributed by atoms with E-state index in [1.807, 2.05) is 0 Å².